The summed E-state index contributed by atoms with van der Waals surface area (Å²) >= 11 is 0. The van der Waals surface area contributed by atoms with E-state index in [4.69, 9.17) is 10.8 Å². The third kappa shape index (κ3) is 5.94. The fourth-order valence-corrected chi connectivity index (χ4v) is 2.13. The Morgan fingerprint density at radius 1 is 0.963 bits per heavy atom. The minimum absolute atomic E-state index is 0.113. The van der Waals surface area contributed by atoms with Crippen molar-refractivity contribution in [1.29, 1.82) is 0 Å². The van der Waals surface area contributed by atoms with Crippen LogP contribution >= 0.6 is 0 Å². The molecule has 0 fully saturated rings. The Balaban J connectivity index is 2.02. The van der Waals surface area contributed by atoms with Gasteiger partial charge in [-0.15, -0.1) is 0 Å². The monoisotopic (exact) mass is 371 g/mol. The number of para-hydroxylation sites is 1. The molecule has 0 aliphatic carbocycles. The molecule has 0 aromatic heterocycles. The molecule has 0 aliphatic heterocycles. The normalized spacial score (nSPS) is 10.3. The van der Waals surface area contributed by atoms with Crippen LogP contribution in [0.25, 0.3) is 0 Å². The number of nitrogens with zero attached hydrogens (tertiary/aromatic N) is 1. The van der Waals surface area contributed by atoms with Gasteiger partial charge in [0, 0.05) is 5.69 Å². The van der Waals surface area contributed by atoms with Crippen LogP contribution in [-0.2, 0) is 14.3 Å². The summed E-state index contributed by atoms with van der Waals surface area (Å²) in [6.45, 7) is -1.34. The number of esters is 2. The Labute approximate surface area is 154 Å². The van der Waals surface area contributed by atoms with E-state index in [9.17, 15) is 19.2 Å². The van der Waals surface area contributed by atoms with Crippen molar-refractivity contribution < 1.29 is 29.0 Å². The molecule has 0 spiro atoms. The van der Waals surface area contributed by atoms with Crippen LogP contribution < -0.4 is 11.2 Å². The summed E-state index contributed by atoms with van der Waals surface area (Å²) in [6.07, 6.45) is 0. The Morgan fingerprint density at radius 3 is 2.22 bits per heavy atom. The summed E-state index contributed by atoms with van der Waals surface area (Å²) in [5.41, 5.74) is 8.43. The zero-order valence-corrected chi connectivity index (χ0v) is 14.1. The van der Waals surface area contributed by atoms with Gasteiger partial charge in [-0.1, -0.05) is 30.3 Å². The number of nitrogens with two attached hydrogens (primary N) is 1. The van der Waals surface area contributed by atoms with Crippen molar-refractivity contribution in [3.05, 3.63) is 65.7 Å². The molecule has 9 heteroatoms. The molecule has 0 atom stereocenters. The van der Waals surface area contributed by atoms with Gasteiger partial charge in [-0.3, -0.25) is 19.8 Å². The number of carboxylic acid groups (broad SMARTS) is 1. The van der Waals surface area contributed by atoms with Crippen molar-refractivity contribution in [2.24, 2.45) is 0 Å². The van der Waals surface area contributed by atoms with Crippen LogP contribution in [-0.4, -0.2) is 47.0 Å². The van der Waals surface area contributed by atoms with Gasteiger partial charge in [0.05, 0.1) is 11.1 Å². The number of anilines is 1. The molecular weight excluding hydrogens is 354 g/mol. The molecule has 0 aliphatic rings. The molecule has 0 saturated carbocycles. The molecule has 2 rings (SSSR count). The number of carbonyl (C=O) groups excluding carboxylic acids is 3. The van der Waals surface area contributed by atoms with Crippen molar-refractivity contribution in [2.75, 3.05) is 18.8 Å². The second-order valence-corrected chi connectivity index (χ2v) is 5.41. The van der Waals surface area contributed by atoms with Gasteiger partial charge in [-0.25, -0.2) is 4.79 Å². The number of rotatable bonds is 7. The summed E-state index contributed by atoms with van der Waals surface area (Å²) in [5.74, 6) is -3.89. The lowest BCUT2D eigenvalue weighted by molar-refractivity contribution is -0.143. The van der Waals surface area contributed by atoms with Gasteiger partial charge in [0.15, 0.2) is 0 Å². The fraction of sp³-hybridized carbons (Fsp3) is 0.111. The highest BCUT2D eigenvalue weighted by atomic mass is 16.6. The van der Waals surface area contributed by atoms with E-state index in [0.717, 1.165) is 5.01 Å². The number of benzene rings is 2. The summed E-state index contributed by atoms with van der Waals surface area (Å²) in [4.78, 5) is 47.0. The van der Waals surface area contributed by atoms with Crippen molar-refractivity contribution in [3.8, 4) is 0 Å². The quantitative estimate of drug-likeness (QED) is 0.279. The fourth-order valence-electron chi connectivity index (χ4n) is 2.13. The number of carboxylic acids is 1. The van der Waals surface area contributed by atoms with Crippen LogP contribution in [0.3, 0.4) is 0 Å². The highest BCUT2D eigenvalue weighted by Gasteiger charge is 2.21. The first-order valence-corrected chi connectivity index (χ1v) is 7.79. The molecule has 140 valence electrons. The molecule has 2 aromatic carbocycles. The third-order valence-corrected chi connectivity index (χ3v) is 3.33. The van der Waals surface area contributed by atoms with E-state index < -0.39 is 36.9 Å². The van der Waals surface area contributed by atoms with Gasteiger partial charge in [0.25, 0.3) is 5.91 Å². The number of hydrogen-bond donors (Lipinski definition) is 3. The number of hydrogen-bond acceptors (Lipinski definition) is 7. The SMILES string of the molecule is Nc1ccccc1C(=O)NN(CC(=O)O)CC(=O)OC(=O)c1ccccc1. The molecule has 2 aromatic rings. The molecule has 0 radical (unpaired) electrons. The Hall–Kier alpha value is -3.72. The maximum Gasteiger partial charge on any atom is 0.345 e. The predicted octanol–water partition coefficient (Wildman–Crippen LogP) is 0.684. The topological polar surface area (TPSA) is 139 Å². The van der Waals surface area contributed by atoms with Gasteiger partial charge in [-0.2, -0.15) is 5.01 Å². The predicted molar refractivity (Wildman–Crippen MR) is 94.4 cm³/mol. The van der Waals surface area contributed by atoms with E-state index in [-0.39, 0.29) is 16.8 Å². The zero-order valence-electron chi connectivity index (χ0n) is 14.1. The van der Waals surface area contributed by atoms with Crippen LogP contribution in [0.15, 0.2) is 54.6 Å². The molecule has 27 heavy (non-hydrogen) atoms. The van der Waals surface area contributed by atoms with E-state index >= 15 is 0 Å². The molecule has 0 bridgehead atoms. The van der Waals surface area contributed by atoms with Crippen LogP contribution in [0.2, 0.25) is 0 Å². The number of nitrogens with one attached hydrogen (secondary N) is 1. The first-order valence-electron chi connectivity index (χ1n) is 7.79. The molecule has 9 nitrogen and oxygen atoms in total. The minimum atomic E-state index is -1.29. The van der Waals surface area contributed by atoms with E-state index in [0.29, 0.717) is 0 Å². The van der Waals surface area contributed by atoms with Crippen LogP contribution in [0.4, 0.5) is 5.69 Å². The Bertz CT molecular complexity index is 853. The van der Waals surface area contributed by atoms with Gasteiger partial charge in [0.1, 0.15) is 13.1 Å². The van der Waals surface area contributed by atoms with Crippen molar-refractivity contribution >= 4 is 29.5 Å². The van der Waals surface area contributed by atoms with E-state index in [2.05, 4.69) is 10.2 Å². The Morgan fingerprint density at radius 2 is 1.59 bits per heavy atom. The summed E-state index contributed by atoms with van der Waals surface area (Å²) < 4.78 is 4.67. The minimum Gasteiger partial charge on any atom is -0.480 e. The lowest BCUT2D eigenvalue weighted by atomic mass is 10.2. The molecule has 1 amide bonds. The summed E-state index contributed by atoms with van der Waals surface area (Å²) in [5, 5.41) is 9.78. The lowest BCUT2D eigenvalue weighted by Gasteiger charge is -2.20. The molecular formula is C18H17N3O6. The first kappa shape index (κ1) is 19.6. The number of nitrogen functional groups attached to an aromatic ring is 1. The smallest absolute Gasteiger partial charge is 0.345 e. The number of ether oxygens (including phenoxy) is 1. The number of amides is 1. The lowest BCUT2D eigenvalue weighted by Crippen LogP contribution is -2.48. The van der Waals surface area contributed by atoms with Crippen molar-refractivity contribution in [3.63, 3.8) is 0 Å². The summed E-state index contributed by atoms with van der Waals surface area (Å²) in [6, 6.07) is 14.0. The number of hydrazine groups is 1. The third-order valence-electron chi connectivity index (χ3n) is 3.33. The van der Waals surface area contributed by atoms with Gasteiger partial charge < -0.3 is 15.6 Å². The standard InChI is InChI=1S/C18H17N3O6/c19-14-9-5-4-8-13(14)17(25)20-21(10-15(22)23)11-16(24)27-18(26)12-6-2-1-3-7-12/h1-9H,10-11,19H2,(H,20,25)(H,22,23). The second kappa shape index (κ2) is 9.11. The largest absolute Gasteiger partial charge is 0.480 e. The van der Waals surface area contributed by atoms with E-state index in [1.165, 1.54) is 24.3 Å². The average Bonchev–Trinajstić information content (AvgIpc) is 2.62. The van der Waals surface area contributed by atoms with Crippen molar-refractivity contribution in [2.45, 2.75) is 0 Å². The summed E-state index contributed by atoms with van der Waals surface area (Å²) in [7, 11) is 0. The molecule has 0 unspecified atom stereocenters. The molecule has 0 heterocycles. The highest BCUT2D eigenvalue weighted by molar-refractivity contribution is 5.99. The second-order valence-electron chi connectivity index (χ2n) is 5.41. The highest BCUT2D eigenvalue weighted by Crippen LogP contribution is 2.10. The van der Waals surface area contributed by atoms with E-state index in [1.807, 2.05) is 0 Å². The first-order chi connectivity index (χ1) is 12.9. The van der Waals surface area contributed by atoms with Crippen LogP contribution in [0, 0.1) is 0 Å². The number of carbonyl (C=O) groups is 4. The van der Waals surface area contributed by atoms with Gasteiger partial charge in [-0.05, 0) is 24.3 Å². The van der Waals surface area contributed by atoms with Crippen LogP contribution in [0.1, 0.15) is 20.7 Å². The number of aliphatic carboxylic acids is 1. The van der Waals surface area contributed by atoms with Gasteiger partial charge >= 0.3 is 17.9 Å². The molecule has 4 N–H and O–H groups in total. The zero-order chi connectivity index (χ0) is 19.8. The maximum atomic E-state index is 12.2. The van der Waals surface area contributed by atoms with E-state index in [1.54, 1.807) is 30.3 Å². The Kier molecular flexibility index (Phi) is 6.61. The average molecular weight is 371 g/mol. The van der Waals surface area contributed by atoms with Gasteiger partial charge in [0.2, 0.25) is 0 Å². The maximum absolute atomic E-state index is 12.2. The molecule has 0 saturated heterocycles. The van der Waals surface area contributed by atoms with Crippen molar-refractivity contribution in [1.82, 2.24) is 10.4 Å². The van der Waals surface area contributed by atoms with Crippen LogP contribution in [0.5, 0.6) is 0 Å².